The van der Waals surface area contributed by atoms with Crippen molar-refractivity contribution in [3.8, 4) is 0 Å². The Kier molecular flexibility index (Phi) is 12.6. The average Bonchev–Trinajstić information content (AvgIpc) is 2.82. The van der Waals surface area contributed by atoms with Crippen LogP contribution in [0.5, 0.6) is 0 Å². The first kappa shape index (κ1) is 26.3. The molecule has 0 amide bonds. The zero-order valence-electron chi connectivity index (χ0n) is 19.8. The first-order valence-corrected chi connectivity index (χ1v) is 12.3. The van der Waals surface area contributed by atoms with E-state index >= 15 is 0 Å². The van der Waals surface area contributed by atoms with E-state index in [9.17, 15) is 14.9 Å². The van der Waals surface area contributed by atoms with Crippen molar-refractivity contribution in [3.05, 3.63) is 93.9 Å². The monoisotopic (exact) mass is 451 g/mol. The fraction of sp³-hybridized carbons (Fsp3) is 0.464. The van der Waals surface area contributed by atoms with Gasteiger partial charge in [-0.2, -0.15) is 0 Å². The minimum Gasteiger partial charge on any atom is -0.493 e. The van der Waals surface area contributed by atoms with Gasteiger partial charge in [-0.1, -0.05) is 113 Å². The number of hydrogen-bond donors (Lipinski definition) is 0. The van der Waals surface area contributed by atoms with E-state index < -0.39 is 4.92 Å². The molecule has 0 fully saturated rings. The molecule has 0 saturated heterocycles. The van der Waals surface area contributed by atoms with Crippen LogP contribution in [0.3, 0.4) is 0 Å². The summed E-state index contributed by atoms with van der Waals surface area (Å²) in [4.78, 5) is 23.1. The number of ketones is 1. The summed E-state index contributed by atoms with van der Waals surface area (Å²) < 4.78 is 5.91. The largest absolute Gasteiger partial charge is 0.493 e. The van der Waals surface area contributed by atoms with Gasteiger partial charge in [0.15, 0.2) is 5.78 Å². The lowest BCUT2D eigenvalue weighted by atomic mass is 9.92. The van der Waals surface area contributed by atoms with E-state index in [2.05, 4.69) is 6.92 Å². The van der Waals surface area contributed by atoms with Crippen LogP contribution in [0.4, 0.5) is 0 Å². The molecule has 2 rings (SSSR count). The standard InChI is InChI=1S/C28H37NO4/c1-2-3-4-5-6-7-8-9-10-14-22-33-28-19-15-18-24(26(28)23-29(31)32)20-21-27(30)25-16-12-11-13-17-25/h11-13,15-21,23-24H,2-10,14,22H2,1H3. The minimum atomic E-state index is -0.466. The molecule has 1 atom stereocenters. The number of nitro groups is 1. The van der Waals surface area contributed by atoms with Gasteiger partial charge in [0.2, 0.25) is 6.20 Å². The third-order valence-electron chi connectivity index (χ3n) is 5.72. The Bertz CT molecular complexity index is 852. The highest BCUT2D eigenvalue weighted by molar-refractivity contribution is 6.04. The van der Waals surface area contributed by atoms with E-state index in [0.717, 1.165) is 19.0 Å². The molecule has 0 radical (unpaired) electrons. The normalized spacial score (nSPS) is 16.8. The Labute approximate surface area is 198 Å². The van der Waals surface area contributed by atoms with Crippen molar-refractivity contribution in [3.63, 3.8) is 0 Å². The van der Waals surface area contributed by atoms with E-state index in [1.807, 2.05) is 30.4 Å². The van der Waals surface area contributed by atoms with Crippen LogP contribution < -0.4 is 0 Å². The van der Waals surface area contributed by atoms with Crippen LogP contribution in [-0.4, -0.2) is 17.3 Å². The molecule has 1 unspecified atom stereocenters. The minimum absolute atomic E-state index is 0.133. The average molecular weight is 452 g/mol. The second-order valence-corrected chi connectivity index (χ2v) is 8.43. The quantitative estimate of drug-likeness (QED) is 0.0853. The fourth-order valence-corrected chi connectivity index (χ4v) is 3.85. The smallest absolute Gasteiger partial charge is 0.242 e. The molecule has 0 bridgehead atoms. The Balaban J connectivity index is 1.79. The Morgan fingerprint density at radius 1 is 1.00 bits per heavy atom. The van der Waals surface area contributed by atoms with E-state index in [0.29, 0.717) is 23.5 Å². The molecule has 1 aliphatic carbocycles. The summed E-state index contributed by atoms with van der Waals surface area (Å²) >= 11 is 0. The second kappa shape index (κ2) is 15.8. The molecule has 0 N–H and O–H groups in total. The third kappa shape index (κ3) is 10.5. The van der Waals surface area contributed by atoms with Gasteiger partial charge in [-0.25, -0.2) is 0 Å². The molecule has 0 spiro atoms. The maximum atomic E-state index is 12.4. The molecule has 33 heavy (non-hydrogen) atoms. The lowest BCUT2D eigenvalue weighted by Crippen LogP contribution is -2.11. The van der Waals surface area contributed by atoms with Crippen LogP contribution in [0.15, 0.2) is 78.2 Å². The molecule has 0 saturated carbocycles. The van der Waals surface area contributed by atoms with Crippen LogP contribution in [0.1, 0.15) is 81.5 Å². The zero-order valence-corrected chi connectivity index (χ0v) is 19.8. The number of carbonyl (C=O) groups is 1. The van der Waals surface area contributed by atoms with Crippen molar-refractivity contribution < 1.29 is 14.5 Å². The molecule has 0 aromatic heterocycles. The summed E-state index contributed by atoms with van der Waals surface area (Å²) in [5.74, 6) is -0.00505. The number of rotatable bonds is 16. The number of unbranched alkanes of at least 4 members (excludes halogenated alkanes) is 9. The van der Waals surface area contributed by atoms with Crippen molar-refractivity contribution in [1.82, 2.24) is 0 Å². The molecule has 1 aromatic carbocycles. The van der Waals surface area contributed by atoms with Gasteiger partial charge in [-0.3, -0.25) is 14.9 Å². The predicted molar refractivity (Wildman–Crippen MR) is 133 cm³/mol. The molecule has 178 valence electrons. The van der Waals surface area contributed by atoms with Gasteiger partial charge in [0.1, 0.15) is 5.76 Å². The maximum absolute atomic E-state index is 12.4. The number of nitrogens with zero attached hydrogens (tertiary/aromatic N) is 1. The Hall–Kier alpha value is -2.95. The van der Waals surface area contributed by atoms with Crippen molar-refractivity contribution in [2.24, 2.45) is 5.92 Å². The van der Waals surface area contributed by atoms with Gasteiger partial charge in [-0.15, -0.1) is 0 Å². The van der Waals surface area contributed by atoms with Crippen molar-refractivity contribution in [1.29, 1.82) is 0 Å². The lowest BCUT2D eigenvalue weighted by molar-refractivity contribution is -0.403. The molecule has 0 heterocycles. The van der Waals surface area contributed by atoms with Gasteiger partial charge >= 0.3 is 0 Å². The number of carbonyl (C=O) groups excluding carboxylic acids is 1. The number of allylic oxidation sites excluding steroid dienone is 6. The van der Waals surface area contributed by atoms with Crippen LogP contribution in [-0.2, 0) is 4.74 Å². The summed E-state index contributed by atoms with van der Waals surface area (Å²) in [6, 6.07) is 8.96. The van der Waals surface area contributed by atoms with Gasteiger partial charge in [0.25, 0.3) is 0 Å². The van der Waals surface area contributed by atoms with Crippen LogP contribution in [0.25, 0.3) is 0 Å². The van der Waals surface area contributed by atoms with Gasteiger partial charge in [0.05, 0.1) is 17.1 Å². The third-order valence-corrected chi connectivity index (χ3v) is 5.72. The van der Waals surface area contributed by atoms with E-state index in [1.165, 1.54) is 57.4 Å². The van der Waals surface area contributed by atoms with Gasteiger partial charge in [-0.05, 0) is 18.6 Å². The summed E-state index contributed by atoms with van der Waals surface area (Å²) in [6.45, 7) is 2.77. The molecular formula is C28H37NO4. The summed E-state index contributed by atoms with van der Waals surface area (Å²) in [5, 5.41) is 11.2. The highest BCUT2D eigenvalue weighted by Gasteiger charge is 2.21. The molecule has 5 nitrogen and oxygen atoms in total. The molecule has 1 aliphatic rings. The van der Waals surface area contributed by atoms with Crippen molar-refractivity contribution >= 4 is 5.78 Å². The second-order valence-electron chi connectivity index (χ2n) is 8.43. The molecule has 1 aromatic rings. The summed E-state index contributed by atoms with van der Waals surface area (Å²) in [7, 11) is 0. The Morgan fingerprint density at radius 3 is 2.27 bits per heavy atom. The SMILES string of the molecule is CCCCCCCCCCCCOC1=CC=CC(C=CC(=O)c2ccccc2)C1=C[N+](=O)[O-]. The summed E-state index contributed by atoms with van der Waals surface area (Å²) in [6.07, 6.45) is 22.0. The van der Waals surface area contributed by atoms with E-state index in [-0.39, 0.29) is 11.7 Å². The van der Waals surface area contributed by atoms with Crippen LogP contribution in [0.2, 0.25) is 0 Å². The number of benzene rings is 1. The fourth-order valence-electron chi connectivity index (χ4n) is 3.85. The van der Waals surface area contributed by atoms with Gasteiger partial charge in [0, 0.05) is 11.5 Å². The van der Waals surface area contributed by atoms with Gasteiger partial charge < -0.3 is 4.74 Å². The topological polar surface area (TPSA) is 69.4 Å². The van der Waals surface area contributed by atoms with Crippen LogP contribution >= 0.6 is 0 Å². The highest BCUT2D eigenvalue weighted by atomic mass is 16.6. The zero-order chi connectivity index (χ0) is 23.7. The van der Waals surface area contributed by atoms with Crippen molar-refractivity contribution in [2.75, 3.05) is 6.61 Å². The molecule has 5 heteroatoms. The van der Waals surface area contributed by atoms with Crippen LogP contribution in [0, 0.1) is 16.0 Å². The first-order valence-electron chi connectivity index (χ1n) is 12.3. The first-order chi connectivity index (χ1) is 16.1. The lowest BCUT2D eigenvalue weighted by Gasteiger charge is -2.19. The predicted octanol–water partition coefficient (Wildman–Crippen LogP) is 7.59. The maximum Gasteiger partial charge on any atom is 0.242 e. The Morgan fingerprint density at radius 2 is 1.64 bits per heavy atom. The summed E-state index contributed by atoms with van der Waals surface area (Å²) in [5.41, 5.74) is 1.05. The highest BCUT2D eigenvalue weighted by Crippen LogP contribution is 2.28. The van der Waals surface area contributed by atoms with E-state index in [1.54, 1.807) is 24.3 Å². The molecule has 0 aliphatic heterocycles. The van der Waals surface area contributed by atoms with E-state index in [4.69, 9.17) is 4.74 Å². The number of hydrogen-bond acceptors (Lipinski definition) is 4. The van der Waals surface area contributed by atoms with Crippen molar-refractivity contribution in [2.45, 2.75) is 71.1 Å². The number of ether oxygens (including phenoxy) is 1. The molecular weight excluding hydrogens is 414 g/mol.